The zero-order chi connectivity index (χ0) is 48.2. The van der Waals surface area contributed by atoms with Crippen LogP contribution in [0.4, 0.5) is 45.5 Å². The molecule has 0 saturated heterocycles. The molecule has 0 heterocycles. The standard InChI is InChI=1S/C38H28N8O16S4.4Na/c47-43(39-29-9-19-35(20-10-29)63(51,52)53)31-15-5-27(6-16-31)41-45(49)33-13-3-25(37(23-33)65(57,58)59)1-2-26-4-14-34(24-38(26)66(60,61)62)46(50)42-28-7-17-32(18-8-28)44(48)40-30-11-21-36(22-12-30)64(54,55)56;;;;/h1-24H,(H,51,52,53)(H,54,55,56)(H,57,58,59)(H,60,61,62);;;;/q;4*+1/p-4. The van der Waals surface area contributed by atoms with Crippen LogP contribution >= 0.6 is 0 Å². The summed E-state index contributed by atoms with van der Waals surface area (Å²) < 4.78 is 140. The molecular weight excluding hydrogens is 1040 g/mol. The number of nitrogens with zero attached hydrogens (tertiary/aromatic N) is 8. The van der Waals surface area contributed by atoms with Crippen molar-refractivity contribution in [3.8, 4) is 0 Å². The van der Waals surface area contributed by atoms with E-state index in [1.165, 1.54) is 48.5 Å². The second-order valence-electron chi connectivity index (χ2n) is 13.1. The first-order valence-electron chi connectivity index (χ1n) is 17.8. The molecule has 0 radical (unpaired) electrons. The average Bonchev–Trinajstić information content (AvgIpc) is 3.25. The minimum Gasteiger partial charge on any atom is -0.744 e. The molecule has 24 nitrogen and oxygen atoms in total. The summed E-state index contributed by atoms with van der Waals surface area (Å²) in [6.07, 6.45) is 1.92. The Morgan fingerprint density at radius 3 is 0.800 bits per heavy atom. The molecule has 32 heteroatoms. The van der Waals surface area contributed by atoms with E-state index >= 15 is 0 Å². The van der Waals surface area contributed by atoms with Gasteiger partial charge in [0.25, 0.3) is 0 Å². The molecule has 70 heavy (non-hydrogen) atoms. The molecule has 6 aromatic carbocycles. The average molecular weight is 1070 g/mol. The first kappa shape index (κ1) is 62.4. The quantitative estimate of drug-likeness (QED) is 0.0247. The number of azo groups is 4. The smallest absolute Gasteiger partial charge is 0.744 e. The van der Waals surface area contributed by atoms with Gasteiger partial charge < -0.3 is 39.0 Å². The Hall–Kier alpha value is -3.70. The molecule has 6 rings (SSSR count). The summed E-state index contributed by atoms with van der Waals surface area (Å²) >= 11 is 0. The Bertz CT molecular complexity index is 3270. The van der Waals surface area contributed by atoms with Gasteiger partial charge in [-0.05, 0) is 96.1 Å². The van der Waals surface area contributed by atoms with Crippen molar-refractivity contribution in [2.45, 2.75) is 19.6 Å². The molecular formula is C38H24N8Na4O16S4. The van der Waals surface area contributed by atoms with Crippen molar-refractivity contribution in [1.29, 1.82) is 0 Å². The van der Waals surface area contributed by atoms with Crippen LogP contribution in [0.3, 0.4) is 0 Å². The number of hydrogen-bond acceptors (Lipinski definition) is 20. The van der Waals surface area contributed by atoms with Crippen LogP contribution in [0.25, 0.3) is 12.2 Å². The van der Waals surface area contributed by atoms with Crippen LogP contribution in [0, 0.1) is 20.8 Å². The molecule has 0 spiro atoms. The van der Waals surface area contributed by atoms with E-state index in [-0.39, 0.29) is 183 Å². The van der Waals surface area contributed by atoms with Crippen molar-refractivity contribution < 1.29 is 190 Å². The van der Waals surface area contributed by atoms with Gasteiger partial charge in [-0.15, -0.1) is 0 Å². The van der Waals surface area contributed by atoms with Gasteiger partial charge in [-0.1, -0.05) is 31.6 Å². The van der Waals surface area contributed by atoms with Gasteiger partial charge in [0.05, 0.1) is 19.6 Å². The SMILES string of the molecule is O=S(=O)([O-])c1ccc(N=[N+]([O-])c2ccc(N=[N+]([O-])c3ccc(C=Cc4ccc([N+]([O-])=Nc5ccc([N+]([O-])=Nc6ccc(S(=O)(=O)[O-])cc6)cc5)cc4S(=O)(=O)[O-])c(S(=O)(=O)[O-])c3)cc2)cc1.[Na+].[Na+].[Na+].[Na+]. The third-order valence-electron chi connectivity index (χ3n) is 8.63. The van der Waals surface area contributed by atoms with Gasteiger partial charge in [-0.3, -0.25) is 0 Å². The van der Waals surface area contributed by atoms with Gasteiger partial charge in [0.15, 0.2) is 0 Å². The predicted molar refractivity (Wildman–Crippen MR) is 221 cm³/mol. The van der Waals surface area contributed by atoms with Gasteiger partial charge >= 0.3 is 118 Å². The molecule has 0 fully saturated rings. The maximum Gasteiger partial charge on any atom is 1.00 e. The van der Waals surface area contributed by atoms with Gasteiger partial charge in [0, 0.05) is 69.0 Å². The third kappa shape index (κ3) is 16.9. The Labute approximate surface area is 487 Å². The Balaban J connectivity index is 0.00000420. The maximum atomic E-state index is 12.9. The molecule has 0 unspecified atom stereocenters. The van der Waals surface area contributed by atoms with Crippen LogP contribution in [0.1, 0.15) is 11.1 Å². The molecule has 0 aliphatic heterocycles. The minimum absolute atomic E-state index is 0. The van der Waals surface area contributed by atoms with Crippen LogP contribution in [0.2, 0.25) is 0 Å². The van der Waals surface area contributed by atoms with Gasteiger partial charge in [-0.2, -0.15) is 0 Å². The van der Waals surface area contributed by atoms with Crippen molar-refractivity contribution in [2.75, 3.05) is 0 Å². The largest absolute Gasteiger partial charge is 1.00 e. The summed E-state index contributed by atoms with van der Waals surface area (Å²) in [7, 11) is -20.1. The van der Waals surface area contributed by atoms with E-state index in [0.29, 0.717) is 12.1 Å². The van der Waals surface area contributed by atoms with Crippen LogP contribution in [0.15, 0.2) is 173 Å². The normalized spacial score (nSPS) is 12.8. The van der Waals surface area contributed by atoms with Gasteiger partial charge in [-0.25, -0.2) is 33.7 Å². The van der Waals surface area contributed by atoms with Crippen LogP contribution in [0.5, 0.6) is 0 Å². The predicted octanol–water partition coefficient (Wildman–Crippen LogP) is -4.81. The third-order valence-corrected chi connectivity index (χ3v) is 12.1. The summed E-state index contributed by atoms with van der Waals surface area (Å²) in [6, 6.07) is 23.6. The fraction of sp³-hybridized carbons (Fsp3) is 0. The summed E-state index contributed by atoms with van der Waals surface area (Å²) in [4.78, 5) is -2.72. The second kappa shape index (κ2) is 25.8. The van der Waals surface area contributed by atoms with E-state index in [0.717, 1.165) is 84.9 Å². The first-order valence-corrected chi connectivity index (χ1v) is 23.4. The molecule has 0 aliphatic carbocycles. The molecule has 0 saturated carbocycles. The molecule has 0 aromatic heterocycles. The zero-order valence-electron chi connectivity index (χ0n) is 36.6. The van der Waals surface area contributed by atoms with Crippen molar-refractivity contribution in [3.05, 3.63) is 165 Å². The molecule has 0 bridgehead atoms. The first-order chi connectivity index (χ1) is 30.8. The van der Waals surface area contributed by atoms with Crippen molar-refractivity contribution in [1.82, 2.24) is 0 Å². The molecule has 0 amide bonds. The van der Waals surface area contributed by atoms with Crippen LogP contribution in [-0.2, 0) is 40.5 Å². The molecule has 0 aliphatic rings. The van der Waals surface area contributed by atoms with Gasteiger partial charge in [0.2, 0.25) is 22.7 Å². The fourth-order valence-corrected chi connectivity index (χ4v) is 7.79. The summed E-state index contributed by atoms with van der Waals surface area (Å²) in [5.41, 5.74) is -1.84. The fourth-order valence-electron chi connectivity index (χ4n) is 5.48. The van der Waals surface area contributed by atoms with E-state index in [1.807, 2.05) is 0 Å². The molecule has 340 valence electrons. The van der Waals surface area contributed by atoms with Crippen molar-refractivity contribution in [3.63, 3.8) is 0 Å². The van der Waals surface area contributed by atoms with E-state index in [9.17, 15) is 72.7 Å². The molecule has 0 N–H and O–H groups in total. The summed E-state index contributed by atoms with van der Waals surface area (Å²) in [5.74, 6) is 0. The van der Waals surface area contributed by atoms with E-state index in [4.69, 9.17) is 0 Å². The topological polar surface area (TPSA) is 383 Å². The van der Waals surface area contributed by atoms with Crippen LogP contribution in [-0.4, -0.2) is 71.3 Å². The number of benzene rings is 6. The van der Waals surface area contributed by atoms with Crippen molar-refractivity contribution >= 4 is 98.1 Å². The molecule has 0 atom stereocenters. The Morgan fingerprint density at radius 2 is 0.557 bits per heavy atom. The zero-order valence-corrected chi connectivity index (χ0v) is 47.9. The van der Waals surface area contributed by atoms with E-state index < -0.39 is 71.4 Å². The number of rotatable bonds is 14. The number of hydrogen-bond donors (Lipinski definition) is 0. The van der Waals surface area contributed by atoms with E-state index in [2.05, 4.69) is 20.5 Å². The monoisotopic (exact) mass is 1070 g/mol. The Kier molecular flexibility index (Phi) is 23.0. The Morgan fingerprint density at radius 1 is 0.329 bits per heavy atom. The van der Waals surface area contributed by atoms with Crippen LogP contribution < -0.4 is 118 Å². The van der Waals surface area contributed by atoms with E-state index in [1.54, 1.807) is 0 Å². The molecule has 6 aromatic rings. The second-order valence-corrected chi connectivity index (χ2v) is 18.6. The van der Waals surface area contributed by atoms with Gasteiger partial charge in [0.1, 0.15) is 63.2 Å². The summed E-state index contributed by atoms with van der Waals surface area (Å²) in [6.45, 7) is 0. The maximum absolute atomic E-state index is 12.9. The summed E-state index contributed by atoms with van der Waals surface area (Å²) in [5, 5.41) is 65.8. The minimum atomic E-state index is -5.33. The van der Waals surface area contributed by atoms with Crippen molar-refractivity contribution in [2.24, 2.45) is 20.5 Å².